The maximum Gasteiger partial charge on any atom is 0.251 e. The van der Waals surface area contributed by atoms with Crippen LogP contribution in [0, 0.1) is 5.92 Å². The molecule has 1 aromatic rings. The van der Waals surface area contributed by atoms with Crippen LogP contribution in [0.2, 0.25) is 5.02 Å². The minimum Gasteiger partial charge on any atom is -0.493 e. The van der Waals surface area contributed by atoms with Crippen LogP contribution >= 0.6 is 24.0 Å². The van der Waals surface area contributed by atoms with Gasteiger partial charge in [0.1, 0.15) is 0 Å². The quantitative estimate of drug-likeness (QED) is 0.689. The highest BCUT2D eigenvalue weighted by atomic mass is 35.5. The van der Waals surface area contributed by atoms with E-state index in [1.807, 2.05) is 27.7 Å². The van der Waals surface area contributed by atoms with Crippen LogP contribution in [0.5, 0.6) is 11.5 Å². The molecule has 1 amide bonds. The van der Waals surface area contributed by atoms with Crippen molar-refractivity contribution in [1.29, 1.82) is 0 Å². The second kappa shape index (κ2) is 11.4. The van der Waals surface area contributed by atoms with Crippen molar-refractivity contribution < 1.29 is 14.3 Å². The van der Waals surface area contributed by atoms with Gasteiger partial charge < -0.3 is 20.1 Å². The Morgan fingerprint density at radius 2 is 1.96 bits per heavy atom. The SMILES string of the molecule is CCN[C@H](C)CNC(=O)c1cc(Cl)c(OCC(C)C)c(OC)c1.Cl. The van der Waals surface area contributed by atoms with Crippen molar-refractivity contribution >= 4 is 29.9 Å². The largest absolute Gasteiger partial charge is 0.493 e. The summed E-state index contributed by atoms with van der Waals surface area (Å²) in [5.41, 5.74) is 0.451. The van der Waals surface area contributed by atoms with Crippen LogP contribution in [-0.4, -0.2) is 38.8 Å². The van der Waals surface area contributed by atoms with Crippen molar-refractivity contribution in [3.05, 3.63) is 22.7 Å². The summed E-state index contributed by atoms with van der Waals surface area (Å²) in [6.45, 7) is 10.1. The van der Waals surface area contributed by atoms with E-state index in [9.17, 15) is 4.79 Å². The number of carbonyl (C=O) groups is 1. The van der Waals surface area contributed by atoms with Crippen LogP contribution in [0.1, 0.15) is 38.1 Å². The summed E-state index contributed by atoms with van der Waals surface area (Å²) < 4.78 is 11.0. The average Bonchev–Trinajstić information content (AvgIpc) is 2.50. The second-order valence-electron chi connectivity index (χ2n) is 5.86. The van der Waals surface area contributed by atoms with E-state index < -0.39 is 0 Å². The molecule has 0 aliphatic heterocycles. The van der Waals surface area contributed by atoms with Crippen molar-refractivity contribution in [2.75, 3.05) is 26.8 Å². The molecule has 0 heterocycles. The van der Waals surface area contributed by atoms with E-state index in [0.29, 0.717) is 41.2 Å². The van der Waals surface area contributed by atoms with Crippen molar-refractivity contribution in [3.8, 4) is 11.5 Å². The van der Waals surface area contributed by atoms with E-state index >= 15 is 0 Å². The van der Waals surface area contributed by atoms with Crippen molar-refractivity contribution in [3.63, 3.8) is 0 Å². The molecular formula is C17H28Cl2N2O3. The number of hydrogen-bond acceptors (Lipinski definition) is 4. The highest BCUT2D eigenvalue weighted by Gasteiger charge is 2.16. The summed E-state index contributed by atoms with van der Waals surface area (Å²) in [6.07, 6.45) is 0. The van der Waals surface area contributed by atoms with Gasteiger partial charge in [0.2, 0.25) is 0 Å². The Balaban J connectivity index is 0.00000529. The second-order valence-corrected chi connectivity index (χ2v) is 6.27. The summed E-state index contributed by atoms with van der Waals surface area (Å²) in [5, 5.41) is 6.48. The number of hydrogen-bond donors (Lipinski definition) is 2. The summed E-state index contributed by atoms with van der Waals surface area (Å²) in [6, 6.07) is 3.46. The number of rotatable bonds is 9. The van der Waals surface area contributed by atoms with Crippen LogP contribution in [0.25, 0.3) is 0 Å². The lowest BCUT2D eigenvalue weighted by Crippen LogP contribution is -2.38. The molecule has 0 saturated heterocycles. The fourth-order valence-corrected chi connectivity index (χ4v) is 2.27. The van der Waals surface area contributed by atoms with E-state index in [2.05, 4.69) is 10.6 Å². The fourth-order valence-electron chi connectivity index (χ4n) is 2.01. The first-order valence-electron chi connectivity index (χ1n) is 7.90. The molecule has 138 valence electrons. The van der Waals surface area contributed by atoms with Gasteiger partial charge in [-0.3, -0.25) is 4.79 Å². The fraction of sp³-hybridized carbons (Fsp3) is 0.588. The number of halogens is 2. The molecule has 0 saturated carbocycles. The topological polar surface area (TPSA) is 59.6 Å². The molecule has 0 spiro atoms. The smallest absolute Gasteiger partial charge is 0.251 e. The van der Waals surface area contributed by atoms with Gasteiger partial charge in [-0.1, -0.05) is 32.4 Å². The third-order valence-electron chi connectivity index (χ3n) is 3.17. The molecule has 0 aliphatic carbocycles. The van der Waals surface area contributed by atoms with Crippen LogP contribution in [0.15, 0.2) is 12.1 Å². The van der Waals surface area contributed by atoms with Gasteiger partial charge >= 0.3 is 0 Å². The molecule has 0 aromatic heterocycles. The molecule has 1 rings (SSSR count). The lowest BCUT2D eigenvalue weighted by molar-refractivity contribution is 0.0949. The summed E-state index contributed by atoms with van der Waals surface area (Å²) in [5.74, 6) is 1.11. The molecule has 2 N–H and O–H groups in total. The Kier molecular flexibility index (Phi) is 10.8. The molecule has 5 nitrogen and oxygen atoms in total. The van der Waals surface area contributed by atoms with Crippen molar-refractivity contribution in [2.24, 2.45) is 5.92 Å². The van der Waals surface area contributed by atoms with Gasteiger partial charge in [0, 0.05) is 18.2 Å². The van der Waals surface area contributed by atoms with Gasteiger partial charge in [0.25, 0.3) is 5.91 Å². The van der Waals surface area contributed by atoms with E-state index in [-0.39, 0.29) is 24.4 Å². The van der Waals surface area contributed by atoms with Crippen LogP contribution < -0.4 is 20.1 Å². The van der Waals surface area contributed by atoms with Crippen LogP contribution in [0.3, 0.4) is 0 Å². The number of amides is 1. The van der Waals surface area contributed by atoms with Gasteiger partial charge in [0.15, 0.2) is 11.5 Å². The van der Waals surface area contributed by atoms with Crippen LogP contribution in [-0.2, 0) is 0 Å². The number of ether oxygens (including phenoxy) is 2. The molecule has 0 fully saturated rings. The molecule has 7 heteroatoms. The Bertz CT molecular complexity index is 525. The van der Waals surface area contributed by atoms with Gasteiger partial charge in [-0.2, -0.15) is 0 Å². The molecule has 0 aliphatic rings. The molecule has 1 aromatic carbocycles. The maximum absolute atomic E-state index is 12.3. The Hall–Kier alpha value is -1.17. The Morgan fingerprint density at radius 3 is 2.50 bits per heavy atom. The molecule has 0 radical (unpaired) electrons. The standard InChI is InChI=1S/C17H27ClN2O3.ClH/c1-6-19-12(4)9-20-17(21)13-7-14(18)16(15(8-13)22-5)23-10-11(2)3;/h7-8,11-12,19H,6,9-10H2,1-5H3,(H,20,21);1H/t12-;/m1./s1. The first-order chi connectivity index (χ1) is 10.9. The van der Waals surface area contributed by atoms with Gasteiger partial charge in [0.05, 0.1) is 18.7 Å². The highest BCUT2D eigenvalue weighted by molar-refractivity contribution is 6.32. The van der Waals surface area contributed by atoms with E-state index in [1.54, 1.807) is 12.1 Å². The summed E-state index contributed by atoms with van der Waals surface area (Å²) in [7, 11) is 1.53. The predicted octanol–water partition coefficient (Wildman–Crippen LogP) is 3.53. The summed E-state index contributed by atoms with van der Waals surface area (Å²) in [4.78, 5) is 12.3. The number of methoxy groups -OCH3 is 1. The normalized spacial score (nSPS) is 11.6. The lowest BCUT2D eigenvalue weighted by atomic mass is 10.1. The molecule has 1 atom stereocenters. The van der Waals surface area contributed by atoms with Crippen LogP contribution in [0.4, 0.5) is 0 Å². The van der Waals surface area contributed by atoms with Gasteiger partial charge in [-0.25, -0.2) is 0 Å². The van der Waals surface area contributed by atoms with Gasteiger partial charge in [-0.15, -0.1) is 12.4 Å². The number of benzene rings is 1. The Morgan fingerprint density at radius 1 is 1.29 bits per heavy atom. The summed E-state index contributed by atoms with van der Waals surface area (Å²) >= 11 is 6.26. The lowest BCUT2D eigenvalue weighted by Gasteiger charge is -2.16. The minimum absolute atomic E-state index is 0. The molecule has 24 heavy (non-hydrogen) atoms. The zero-order chi connectivity index (χ0) is 17.4. The van der Waals surface area contributed by atoms with Gasteiger partial charge in [-0.05, 0) is 31.5 Å². The third-order valence-corrected chi connectivity index (χ3v) is 3.45. The third kappa shape index (κ3) is 7.16. The maximum atomic E-state index is 12.3. The Labute approximate surface area is 155 Å². The zero-order valence-corrected chi connectivity index (χ0v) is 16.5. The number of nitrogens with one attached hydrogen (secondary N) is 2. The van der Waals surface area contributed by atoms with E-state index in [1.165, 1.54) is 7.11 Å². The first-order valence-corrected chi connectivity index (χ1v) is 8.28. The van der Waals surface area contributed by atoms with E-state index in [0.717, 1.165) is 6.54 Å². The zero-order valence-electron chi connectivity index (χ0n) is 14.9. The number of likely N-dealkylation sites (N-methyl/N-ethyl adjacent to an activating group) is 1. The highest BCUT2D eigenvalue weighted by Crippen LogP contribution is 2.36. The van der Waals surface area contributed by atoms with Crippen molar-refractivity contribution in [1.82, 2.24) is 10.6 Å². The predicted molar refractivity (Wildman–Crippen MR) is 101 cm³/mol. The average molecular weight is 379 g/mol. The molecule has 0 bridgehead atoms. The first kappa shape index (κ1) is 22.8. The number of carbonyl (C=O) groups excluding carboxylic acids is 1. The minimum atomic E-state index is -0.189. The molecule has 0 unspecified atom stereocenters. The molecular weight excluding hydrogens is 351 g/mol. The monoisotopic (exact) mass is 378 g/mol. The van der Waals surface area contributed by atoms with Crippen molar-refractivity contribution in [2.45, 2.75) is 33.7 Å². The van der Waals surface area contributed by atoms with E-state index in [4.69, 9.17) is 21.1 Å².